The highest BCUT2D eigenvalue weighted by atomic mass is 16.2. The largest absolute Gasteiger partial charge is 0.344 e. The number of carbonyl (C=O) groups excluding carboxylic acids is 3. The van der Waals surface area contributed by atoms with E-state index < -0.39 is 6.04 Å². The van der Waals surface area contributed by atoms with Gasteiger partial charge in [0, 0.05) is 25.4 Å². The molecule has 1 aliphatic rings. The Hall–Kier alpha value is -1.43. The minimum atomic E-state index is -0.605. The fraction of sp³-hybridized carbons (Fsp3) is 0.727. The molecule has 17 heavy (non-hydrogen) atoms. The zero-order valence-corrected chi connectivity index (χ0v) is 10.4. The van der Waals surface area contributed by atoms with Gasteiger partial charge >= 0.3 is 0 Å². The van der Waals surface area contributed by atoms with E-state index in [0.29, 0.717) is 6.42 Å². The molecular weight excluding hydrogens is 222 g/mol. The van der Waals surface area contributed by atoms with Crippen molar-refractivity contribution in [3.05, 3.63) is 0 Å². The fourth-order valence-electron chi connectivity index (χ4n) is 1.59. The van der Waals surface area contributed by atoms with Gasteiger partial charge in [-0.25, -0.2) is 0 Å². The number of rotatable bonds is 3. The first kappa shape index (κ1) is 13.6. The Morgan fingerprint density at radius 2 is 2.06 bits per heavy atom. The van der Waals surface area contributed by atoms with Crippen LogP contribution in [0.3, 0.4) is 0 Å². The van der Waals surface area contributed by atoms with Crippen LogP contribution in [0.25, 0.3) is 0 Å². The molecule has 0 saturated carbocycles. The number of hydrogen-bond donors (Lipinski definition) is 2. The Kier molecular flexibility index (Phi) is 4.22. The molecule has 3 atom stereocenters. The SMILES string of the molecule is CC(N)C(C)C(=O)NC1CCC(=O)N(C)C1=O. The molecule has 6 nitrogen and oxygen atoms in total. The van der Waals surface area contributed by atoms with Crippen LogP contribution < -0.4 is 11.1 Å². The van der Waals surface area contributed by atoms with Gasteiger partial charge in [-0.3, -0.25) is 19.3 Å². The molecule has 0 aromatic heterocycles. The van der Waals surface area contributed by atoms with Crippen LogP contribution in [-0.4, -0.2) is 41.8 Å². The van der Waals surface area contributed by atoms with Crippen LogP contribution in [-0.2, 0) is 14.4 Å². The summed E-state index contributed by atoms with van der Waals surface area (Å²) in [5.41, 5.74) is 5.62. The first-order valence-corrected chi connectivity index (χ1v) is 5.71. The normalized spacial score (nSPS) is 24.5. The van der Waals surface area contributed by atoms with Gasteiger partial charge in [0.15, 0.2) is 0 Å². The summed E-state index contributed by atoms with van der Waals surface area (Å²) in [5.74, 6) is -1.17. The fourth-order valence-corrected chi connectivity index (χ4v) is 1.59. The van der Waals surface area contributed by atoms with Gasteiger partial charge in [0.1, 0.15) is 6.04 Å². The van der Waals surface area contributed by atoms with Crippen molar-refractivity contribution in [3.8, 4) is 0 Å². The maximum Gasteiger partial charge on any atom is 0.251 e. The van der Waals surface area contributed by atoms with Crippen molar-refractivity contribution >= 4 is 17.7 Å². The summed E-state index contributed by atoms with van der Waals surface area (Å²) in [6.07, 6.45) is 0.638. The number of imide groups is 1. The van der Waals surface area contributed by atoms with Gasteiger partial charge in [0.05, 0.1) is 0 Å². The second-order valence-electron chi connectivity index (χ2n) is 4.54. The number of piperidine rings is 1. The smallest absolute Gasteiger partial charge is 0.251 e. The molecule has 0 spiro atoms. The summed E-state index contributed by atoms with van der Waals surface area (Å²) in [5, 5.41) is 2.64. The Labute approximate surface area is 101 Å². The van der Waals surface area contributed by atoms with Crippen molar-refractivity contribution < 1.29 is 14.4 Å². The van der Waals surface area contributed by atoms with E-state index >= 15 is 0 Å². The lowest BCUT2D eigenvalue weighted by atomic mass is 10.0. The minimum Gasteiger partial charge on any atom is -0.344 e. The zero-order valence-electron chi connectivity index (χ0n) is 10.4. The first-order valence-electron chi connectivity index (χ1n) is 5.71. The van der Waals surface area contributed by atoms with Crippen molar-refractivity contribution in [2.24, 2.45) is 11.7 Å². The van der Waals surface area contributed by atoms with E-state index in [-0.39, 0.29) is 36.1 Å². The molecule has 0 radical (unpaired) electrons. The molecule has 1 saturated heterocycles. The third-order valence-corrected chi connectivity index (χ3v) is 3.17. The van der Waals surface area contributed by atoms with E-state index in [1.807, 2.05) is 0 Å². The molecule has 1 aliphatic heterocycles. The number of amides is 3. The maximum atomic E-state index is 11.7. The van der Waals surface area contributed by atoms with Gasteiger partial charge in [-0.2, -0.15) is 0 Å². The van der Waals surface area contributed by atoms with E-state index in [9.17, 15) is 14.4 Å². The van der Waals surface area contributed by atoms with Gasteiger partial charge < -0.3 is 11.1 Å². The highest BCUT2D eigenvalue weighted by molar-refractivity contribution is 6.01. The molecule has 3 amide bonds. The average Bonchev–Trinajstić information content (AvgIpc) is 2.28. The van der Waals surface area contributed by atoms with Crippen molar-refractivity contribution in [2.45, 2.75) is 38.8 Å². The number of nitrogens with zero attached hydrogens (tertiary/aromatic N) is 1. The third kappa shape index (κ3) is 3.03. The molecule has 0 aromatic carbocycles. The quantitative estimate of drug-likeness (QED) is 0.635. The molecule has 0 bridgehead atoms. The van der Waals surface area contributed by atoms with Crippen LogP contribution in [0.4, 0.5) is 0 Å². The second kappa shape index (κ2) is 5.27. The highest BCUT2D eigenvalue weighted by Gasteiger charge is 2.33. The third-order valence-electron chi connectivity index (χ3n) is 3.17. The van der Waals surface area contributed by atoms with E-state index in [4.69, 9.17) is 5.73 Å². The molecule has 3 N–H and O–H groups in total. The van der Waals surface area contributed by atoms with Crippen molar-refractivity contribution in [3.63, 3.8) is 0 Å². The molecular formula is C11H19N3O3. The average molecular weight is 241 g/mol. The Morgan fingerprint density at radius 1 is 1.47 bits per heavy atom. The summed E-state index contributed by atoms with van der Waals surface area (Å²) < 4.78 is 0. The molecule has 6 heteroatoms. The van der Waals surface area contributed by atoms with E-state index in [2.05, 4.69) is 5.32 Å². The Bertz CT molecular complexity index is 341. The van der Waals surface area contributed by atoms with Crippen LogP contribution >= 0.6 is 0 Å². The molecule has 96 valence electrons. The monoisotopic (exact) mass is 241 g/mol. The van der Waals surface area contributed by atoms with Crippen molar-refractivity contribution in [2.75, 3.05) is 7.05 Å². The van der Waals surface area contributed by atoms with Gasteiger partial charge in [-0.05, 0) is 13.3 Å². The number of nitrogens with two attached hydrogens (primary N) is 1. The highest BCUT2D eigenvalue weighted by Crippen LogP contribution is 2.12. The van der Waals surface area contributed by atoms with Gasteiger partial charge in [0.2, 0.25) is 11.8 Å². The van der Waals surface area contributed by atoms with Crippen LogP contribution in [0, 0.1) is 5.92 Å². The van der Waals surface area contributed by atoms with Gasteiger partial charge in [0.25, 0.3) is 5.91 Å². The predicted molar refractivity (Wildman–Crippen MR) is 61.8 cm³/mol. The van der Waals surface area contributed by atoms with Gasteiger partial charge in [-0.15, -0.1) is 0 Å². The lowest BCUT2D eigenvalue weighted by Gasteiger charge is -2.29. The number of likely N-dealkylation sites (tertiary alicyclic amines) is 1. The molecule has 1 rings (SSSR count). The predicted octanol–water partition coefficient (Wildman–Crippen LogP) is -0.767. The number of nitrogens with one attached hydrogen (secondary N) is 1. The Balaban J connectivity index is 2.61. The van der Waals surface area contributed by atoms with Gasteiger partial charge in [-0.1, -0.05) is 6.92 Å². The maximum absolute atomic E-state index is 11.7. The lowest BCUT2D eigenvalue weighted by Crippen LogP contribution is -2.54. The summed E-state index contributed by atoms with van der Waals surface area (Å²) in [7, 11) is 1.43. The van der Waals surface area contributed by atoms with E-state index in [1.165, 1.54) is 7.05 Å². The number of carbonyl (C=O) groups is 3. The van der Waals surface area contributed by atoms with Crippen molar-refractivity contribution in [1.29, 1.82) is 0 Å². The summed E-state index contributed by atoms with van der Waals surface area (Å²) in [6.45, 7) is 3.45. The summed E-state index contributed by atoms with van der Waals surface area (Å²) in [4.78, 5) is 35.8. The molecule has 0 aromatic rings. The van der Waals surface area contributed by atoms with Crippen LogP contribution in [0.1, 0.15) is 26.7 Å². The zero-order chi connectivity index (χ0) is 13.2. The lowest BCUT2D eigenvalue weighted by molar-refractivity contribution is -0.149. The Morgan fingerprint density at radius 3 is 2.59 bits per heavy atom. The molecule has 1 heterocycles. The van der Waals surface area contributed by atoms with Crippen molar-refractivity contribution in [1.82, 2.24) is 10.2 Å². The van der Waals surface area contributed by atoms with E-state index in [1.54, 1.807) is 13.8 Å². The summed E-state index contributed by atoms with van der Waals surface area (Å²) >= 11 is 0. The van der Waals surface area contributed by atoms with Crippen LogP contribution in [0.5, 0.6) is 0 Å². The topological polar surface area (TPSA) is 92.5 Å². The summed E-state index contributed by atoms with van der Waals surface area (Å²) in [6, 6.07) is -0.876. The molecule has 0 aliphatic carbocycles. The minimum absolute atomic E-state index is 0.208. The number of likely N-dealkylation sites (N-methyl/N-ethyl adjacent to an activating group) is 1. The van der Waals surface area contributed by atoms with Crippen LogP contribution in [0.2, 0.25) is 0 Å². The number of hydrogen-bond acceptors (Lipinski definition) is 4. The molecule has 1 fully saturated rings. The first-order chi connectivity index (χ1) is 7.84. The van der Waals surface area contributed by atoms with Crippen LogP contribution in [0.15, 0.2) is 0 Å². The molecule has 3 unspecified atom stereocenters. The standard InChI is InChI=1S/C11H19N3O3/c1-6(7(2)12)10(16)13-8-4-5-9(15)14(3)11(8)17/h6-8H,4-5,12H2,1-3H3,(H,13,16). The second-order valence-corrected chi connectivity index (χ2v) is 4.54. The van der Waals surface area contributed by atoms with E-state index in [0.717, 1.165) is 4.90 Å².